The van der Waals surface area contributed by atoms with Crippen LogP contribution in [0.4, 0.5) is 4.39 Å². The van der Waals surface area contributed by atoms with Gasteiger partial charge < -0.3 is 4.74 Å². The molecule has 1 unspecified atom stereocenters. The van der Waals surface area contributed by atoms with Gasteiger partial charge >= 0.3 is 0 Å². The van der Waals surface area contributed by atoms with Crippen molar-refractivity contribution in [2.45, 2.75) is 33.0 Å². The molecule has 0 aliphatic rings. The van der Waals surface area contributed by atoms with Crippen LogP contribution in [0.1, 0.15) is 31.4 Å². The third-order valence-electron chi connectivity index (χ3n) is 2.27. The quantitative estimate of drug-likeness (QED) is 0.760. The monoisotopic (exact) mass is 207 g/mol. The number of hydrogen-bond acceptors (Lipinski definition) is 2. The van der Waals surface area contributed by atoms with E-state index in [0.717, 1.165) is 6.42 Å². The van der Waals surface area contributed by atoms with Crippen molar-refractivity contribution in [2.75, 3.05) is 0 Å². The van der Waals surface area contributed by atoms with Crippen LogP contribution >= 0.6 is 0 Å². The minimum atomic E-state index is -0.322. The average Bonchev–Trinajstić information content (AvgIpc) is 2.27. The largest absolute Gasteiger partial charge is 0.374 e. The van der Waals surface area contributed by atoms with Crippen LogP contribution in [0.5, 0.6) is 0 Å². The van der Waals surface area contributed by atoms with Crippen LogP contribution in [0.2, 0.25) is 0 Å². The van der Waals surface area contributed by atoms with Crippen LogP contribution in [-0.4, -0.2) is 6.10 Å². The molecule has 0 bridgehead atoms. The zero-order valence-electron chi connectivity index (χ0n) is 8.96. The lowest BCUT2D eigenvalue weighted by molar-refractivity contribution is 0.0492. The van der Waals surface area contributed by atoms with Crippen molar-refractivity contribution in [3.8, 4) is 6.07 Å². The topological polar surface area (TPSA) is 33.0 Å². The second kappa shape index (κ2) is 5.47. The molecule has 1 atom stereocenters. The van der Waals surface area contributed by atoms with Gasteiger partial charge in [0.05, 0.1) is 24.3 Å². The second-order valence-electron chi connectivity index (χ2n) is 3.45. The van der Waals surface area contributed by atoms with Crippen molar-refractivity contribution in [3.05, 3.63) is 35.1 Å². The van der Waals surface area contributed by atoms with Gasteiger partial charge in [-0.15, -0.1) is 0 Å². The molecular formula is C12H14FNO. The number of hydrogen-bond donors (Lipinski definition) is 0. The summed E-state index contributed by atoms with van der Waals surface area (Å²) in [7, 11) is 0. The van der Waals surface area contributed by atoms with Crippen LogP contribution in [0.25, 0.3) is 0 Å². The molecule has 15 heavy (non-hydrogen) atoms. The first-order valence-corrected chi connectivity index (χ1v) is 4.97. The Hall–Kier alpha value is -1.40. The highest BCUT2D eigenvalue weighted by atomic mass is 19.1. The van der Waals surface area contributed by atoms with E-state index in [-0.39, 0.29) is 18.5 Å². The van der Waals surface area contributed by atoms with Crippen molar-refractivity contribution in [2.24, 2.45) is 0 Å². The molecule has 0 saturated carbocycles. The summed E-state index contributed by atoms with van der Waals surface area (Å²) >= 11 is 0. The molecule has 1 aromatic carbocycles. The fourth-order valence-corrected chi connectivity index (χ4v) is 1.10. The van der Waals surface area contributed by atoms with E-state index in [0.29, 0.717) is 11.1 Å². The Kier molecular flexibility index (Phi) is 4.26. The van der Waals surface area contributed by atoms with Crippen molar-refractivity contribution in [1.29, 1.82) is 5.26 Å². The minimum absolute atomic E-state index is 0.107. The summed E-state index contributed by atoms with van der Waals surface area (Å²) in [5, 5.41) is 8.66. The van der Waals surface area contributed by atoms with E-state index in [9.17, 15) is 4.39 Å². The number of benzene rings is 1. The van der Waals surface area contributed by atoms with Gasteiger partial charge in [0.2, 0.25) is 0 Å². The molecule has 0 fully saturated rings. The fraction of sp³-hybridized carbons (Fsp3) is 0.417. The summed E-state index contributed by atoms with van der Waals surface area (Å²) in [6.45, 7) is 4.16. The molecular weight excluding hydrogens is 193 g/mol. The van der Waals surface area contributed by atoms with Crippen LogP contribution in [0.15, 0.2) is 18.2 Å². The van der Waals surface area contributed by atoms with Gasteiger partial charge in [0.1, 0.15) is 5.82 Å². The Bertz CT molecular complexity index is 370. The van der Waals surface area contributed by atoms with Crippen molar-refractivity contribution in [1.82, 2.24) is 0 Å². The van der Waals surface area contributed by atoms with Crippen LogP contribution in [0, 0.1) is 17.1 Å². The SMILES string of the molecule is CCC(C)OCc1cc(C#N)ccc1F. The number of nitrogens with zero attached hydrogens (tertiary/aromatic N) is 1. The van der Waals surface area contributed by atoms with Gasteiger partial charge in [-0.3, -0.25) is 0 Å². The molecule has 0 aliphatic heterocycles. The lowest BCUT2D eigenvalue weighted by atomic mass is 10.1. The third kappa shape index (κ3) is 3.34. The third-order valence-corrected chi connectivity index (χ3v) is 2.27. The summed E-state index contributed by atoms with van der Waals surface area (Å²) < 4.78 is 18.7. The Morgan fingerprint density at radius 1 is 1.53 bits per heavy atom. The zero-order chi connectivity index (χ0) is 11.3. The highest BCUT2D eigenvalue weighted by Crippen LogP contribution is 2.12. The Morgan fingerprint density at radius 3 is 2.87 bits per heavy atom. The fourth-order valence-electron chi connectivity index (χ4n) is 1.10. The summed E-state index contributed by atoms with van der Waals surface area (Å²) in [6, 6.07) is 6.26. The lowest BCUT2D eigenvalue weighted by Crippen LogP contribution is -2.07. The highest BCUT2D eigenvalue weighted by Gasteiger charge is 2.05. The normalized spacial score (nSPS) is 12.1. The first kappa shape index (κ1) is 11.7. The van der Waals surface area contributed by atoms with E-state index in [1.807, 2.05) is 19.9 Å². The van der Waals surface area contributed by atoms with E-state index in [1.165, 1.54) is 18.2 Å². The maximum atomic E-state index is 13.3. The smallest absolute Gasteiger partial charge is 0.128 e. The summed E-state index contributed by atoms with van der Waals surface area (Å²) in [4.78, 5) is 0. The zero-order valence-corrected chi connectivity index (χ0v) is 8.96. The van der Waals surface area contributed by atoms with Gasteiger partial charge in [-0.05, 0) is 31.5 Å². The van der Waals surface area contributed by atoms with E-state index < -0.39 is 0 Å². The second-order valence-corrected chi connectivity index (χ2v) is 3.45. The molecule has 1 aromatic rings. The first-order valence-electron chi connectivity index (χ1n) is 4.97. The van der Waals surface area contributed by atoms with Gasteiger partial charge in [0.15, 0.2) is 0 Å². The molecule has 0 N–H and O–H groups in total. The van der Waals surface area contributed by atoms with E-state index in [2.05, 4.69) is 0 Å². The molecule has 0 radical (unpaired) electrons. The number of nitriles is 1. The van der Waals surface area contributed by atoms with E-state index in [1.54, 1.807) is 0 Å². The molecule has 2 nitrogen and oxygen atoms in total. The molecule has 0 heterocycles. The van der Waals surface area contributed by atoms with Crippen molar-refractivity contribution < 1.29 is 9.13 Å². The molecule has 0 aromatic heterocycles. The van der Waals surface area contributed by atoms with Gasteiger partial charge in [0, 0.05) is 5.56 Å². The average molecular weight is 207 g/mol. The number of ether oxygens (including phenoxy) is 1. The standard InChI is InChI=1S/C12H14FNO/c1-3-9(2)15-8-11-6-10(7-14)4-5-12(11)13/h4-6,9H,3,8H2,1-2H3. The molecule has 0 amide bonds. The van der Waals surface area contributed by atoms with E-state index >= 15 is 0 Å². The van der Waals surface area contributed by atoms with Crippen LogP contribution in [-0.2, 0) is 11.3 Å². The lowest BCUT2D eigenvalue weighted by Gasteiger charge is -2.11. The molecule has 0 saturated heterocycles. The molecule has 80 valence electrons. The summed E-state index contributed by atoms with van der Waals surface area (Å²) in [6.07, 6.45) is 0.995. The van der Waals surface area contributed by atoms with Crippen molar-refractivity contribution >= 4 is 0 Å². The minimum Gasteiger partial charge on any atom is -0.374 e. The number of rotatable bonds is 4. The van der Waals surface area contributed by atoms with Crippen LogP contribution in [0.3, 0.4) is 0 Å². The van der Waals surface area contributed by atoms with Gasteiger partial charge in [0.25, 0.3) is 0 Å². The summed E-state index contributed by atoms with van der Waals surface area (Å²) in [5.74, 6) is -0.322. The summed E-state index contributed by atoms with van der Waals surface area (Å²) in [5.41, 5.74) is 0.897. The molecule has 0 spiro atoms. The molecule has 3 heteroatoms. The van der Waals surface area contributed by atoms with Gasteiger partial charge in [-0.1, -0.05) is 6.92 Å². The molecule has 0 aliphatic carbocycles. The van der Waals surface area contributed by atoms with E-state index in [4.69, 9.17) is 10.00 Å². The van der Waals surface area contributed by atoms with Crippen LogP contribution < -0.4 is 0 Å². The van der Waals surface area contributed by atoms with Gasteiger partial charge in [-0.25, -0.2) is 4.39 Å². The van der Waals surface area contributed by atoms with Gasteiger partial charge in [-0.2, -0.15) is 5.26 Å². The maximum absolute atomic E-state index is 13.3. The Morgan fingerprint density at radius 2 is 2.27 bits per heavy atom. The molecule has 1 rings (SSSR count). The predicted octanol–water partition coefficient (Wildman–Crippen LogP) is 3.01. The van der Waals surface area contributed by atoms with Crippen molar-refractivity contribution in [3.63, 3.8) is 0 Å². The number of halogens is 1. The maximum Gasteiger partial charge on any atom is 0.128 e. The Labute approximate surface area is 89.3 Å². The predicted molar refractivity (Wildman–Crippen MR) is 55.7 cm³/mol. The first-order chi connectivity index (χ1) is 7.17. The highest BCUT2D eigenvalue weighted by molar-refractivity contribution is 5.33. The Balaban J connectivity index is 2.72.